The van der Waals surface area contributed by atoms with Gasteiger partial charge in [0.2, 0.25) is 0 Å². The Balaban J connectivity index is 2.70. The second-order valence-corrected chi connectivity index (χ2v) is 8.69. The van der Waals surface area contributed by atoms with Crippen LogP contribution in [0.2, 0.25) is 0 Å². The molecule has 0 aliphatic heterocycles. The lowest BCUT2D eigenvalue weighted by molar-refractivity contribution is -0.164. The number of Topliss-reactive ketones (excluding diaryl/α,β-unsaturated/α-hetero) is 1. The highest BCUT2D eigenvalue weighted by molar-refractivity contribution is 5.87. The van der Waals surface area contributed by atoms with E-state index in [4.69, 9.17) is 0 Å². The fraction of sp³-hybridized carbons (Fsp3) is 0.714. The fourth-order valence-electron chi connectivity index (χ4n) is 5.79. The van der Waals surface area contributed by atoms with Gasteiger partial charge >= 0.3 is 5.97 Å². The maximum absolute atomic E-state index is 13.2. The van der Waals surface area contributed by atoms with E-state index in [0.717, 1.165) is 11.1 Å². The molecule has 2 rings (SSSR count). The van der Waals surface area contributed by atoms with Crippen molar-refractivity contribution in [1.82, 2.24) is 0 Å². The zero-order valence-electron chi connectivity index (χ0n) is 16.6. The van der Waals surface area contributed by atoms with E-state index in [1.807, 2.05) is 19.9 Å². The molecule has 2 aliphatic carbocycles. The molecule has 2 aliphatic rings. The summed E-state index contributed by atoms with van der Waals surface area (Å²) >= 11 is 0. The summed E-state index contributed by atoms with van der Waals surface area (Å²) in [6.45, 7) is 6.76. The Hall–Kier alpha value is -1.50. The zero-order valence-corrected chi connectivity index (χ0v) is 16.6. The van der Waals surface area contributed by atoms with Crippen LogP contribution in [0.5, 0.6) is 0 Å². The topological polar surface area (TPSA) is 115 Å². The van der Waals surface area contributed by atoms with Crippen LogP contribution in [0.4, 0.5) is 0 Å². The molecule has 152 valence electrons. The minimum Gasteiger partial charge on any atom is -0.481 e. The highest BCUT2D eigenvalue weighted by Gasteiger charge is 2.59. The molecule has 0 spiro atoms. The average molecular weight is 380 g/mol. The molecule has 0 heterocycles. The van der Waals surface area contributed by atoms with Gasteiger partial charge in [-0.3, -0.25) is 9.59 Å². The predicted molar refractivity (Wildman–Crippen MR) is 101 cm³/mol. The summed E-state index contributed by atoms with van der Waals surface area (Å²) in [6, 6.07) is 0. The van der Waals surface area contributed by atoms with Gasteiger partial charge < -0.3 is 20.4 Å². The van der Waals surface area contributed by atoms with E-state index in [9.17, 15) is 30.0 Å². The van der Waals surface area contributed by atoms with Gasteiger partial charge in [-0.1, -0.05) is 30.2 Å². The molecule has 6 nitrogen and oxygen atoms in total. The Morgan fingerprint density at radius 1 is 1.26 bits per heavy atom. The van der Waals surface area contributed by atoms with Crippen molar-refractivity contribution in [3.63, 3.8) is 0 Å². The SMILES string of the molecule is CC1=CC2CC(C)(O)CC(C(=O)O)C2C(C)(C(=O)CCO)C1/C(C)=C/CO. The lowest BCUT2D eigenvalue weighted by Gasteiger charge is -2.55. The molecule has 1 saturated carbocycles. The summed E-state index contributed by atoms with van der Waals surface area (Å²) in [5.74, 6) is -3.10. The van der Waals surface area contributed by atoms with Crippen LogP contribution in [0, 0.1) is 29.1 Å². The first-order valence-electron chi connectivity index (χ1n) is 9.54. The molecule has 0 aromatic heterocycles. The maximum Gasteiger partial charge on any atom is 0.306 e. The number of carbonyl (C=O) groups is 2. The first kappa shape index (κ1) is 21.8. The number of hydrogen-bond acceptors (Lipinski definition) is 5. The third kappa shape index (κ3) is 3.89. The van der Waals surface area contributed by atoms with Gasteiger partial charge in [0.05, 0.1) is 18.1 Å². The van der Waals surface area contributed by atoms with Crippen LogP contribution in [0.25, 0.3) is 0 Å². The first-order chi connectivity index (χ1) is 12.5. The lowest BCUT2D eigenvalue weighted by Crippen LogP contribution is -2.57. The van der Waals surface area contributed by atoms with Gasteiger partial charge in [0.1, 0.15) is 5.78 Å². The van der Waals surface area contributed by atoms with Crippen molar-refractivity contribution in [2.75, 3.05) is 13.2 Å². The molecule has 0 amide bonds. The largest absolute Gasteiger partial charge is 0.481 e. The summed E-state index contributed by atoms with van der Waals surface area (Å²) in [7, 11) is 0. The Kier molecular flexibility index (Phi) is 6.34. The van der Waals surface area contributed by atoms with E-state index in [1.165, 1.54) is 0 Å². The number of aliphatic hydroxyl groups is 3. The Morgan fingerprint density at radius 3 is 2.41 bits per heavy atom. The number of allylic oxidation sites excluding steroid dienone is 3. The number of hydrogen-bond donors (Lipinski definition) is 4. The molecular formula is C21H32O6. The number of fused-ring (bicyclic) bond motifs is 1. The van der Waals surface area contributed by atoms with Crippen molar-refractivity contribution < 1.29 is 30.0 Å². The number of aliphatic hydroxyl groups excluding tert-OH is 2. The second-order valence-electron chi connectivity index (χ2n) is 8.69. The summed E-state index contributed by atoms with van der Waals surface area (Å²) in [6.07, 6.45) is 4.10. The van der Waals surface area contributed by atoms with Gasteiger partial charge in [0.15, 0.2) is 0 Å². The molecular weight excluding hydrogens is 348 g/mol. The number of rotatable bonds is 6. The van der Waals surface area contributed by atoms with Gasteiger partial charge in [-0.15, -0.1) is 0 Å². The molecule has 6 atom stereocenters. The predicted octanol–water partition coefficient (Wildman–Crippen LogP) is 1.94. The van der Waals surface area contributed by atoms with Crippen LogP contribution in [-0.4, -0.2) is 51.0 Å². The lowest BCUT2D eigenvalue weighted by atomic mass is 9.47. The van der Waals surface area contributed by atoms with Crippen LogP contribution in [0.3, 0.4) is 0 Å². The number of carboxylic acids is 1. The van der Waals surface area contributed by atoms with Crippen LogP contribution in [0.1, 0.15) is 47.0 Å². The van der Waals surface area contributed by atoms with Gasteiger partial charge in [0.25, 0.3) is 0 Å². The van der Waals surface area contributed by atoms with Crippen molar-refractivity contribution in [3.8, 4) is 0 Å². The molecule has 0 radical (unpaired) electrons. The van der Waals surface area contributed by atoms with Crippen molar-refractivity contribution in [2.45, 2.75) is 52.6 Å². The third-order valence-electron chi connectivity index (χ3n) is 6.58. The number of aliphatic carboxylic acids is 1. The summed E-state index contributed by atoms with van der Waals surface area (Å²) in [5.41, 5.74) is -0.374. The third-order valence-corrected chi connectivity index (χ3v) is 6.58. The number of carboxylic acid groups (broad SMARTS) is 1. The van der Waals surface area contributed by atoms with Crippen LogP contribution < -0.4 is 0 Å². The van der Waals surface area contributed by atoms with Crippen LogP contribution in [0.15, 0.2) is 23.3 Å². The number of carbonyl (C=O) groups excluding carboxylic acids is 1. The average Bonchev–Trinajstić information content (AvgIpc) is 2.52. The van der Waals surface area contributed by atoms with Crippen molar-refractivity contribution in [1.29, 1.82) is 0 Å². The molecule has 1 fully saturated rings. The van der Waals surface area contributed by atoms with Crippen LogP contribution >= 0.6 is 0 Å². The molecule has 6 heteroatoms. The van der Waals surface area contributed by atoms with E-state index in [1.54, 1.807) is 19.9 Å². The van der Waals surface area contributed by atoms with Gasteiger partial charge in [0, 0.05) is 24.4 Å². The number of ketones is 1. The molecule has 6 unspecified atom stereocenters. The Labute approximate surface area is 160 Å². The van der Waals surface area contributed by atoms with E-state index in [0.29, 0.717) is 6.42 Å². The standard InChI is InChI=1S/C21H32O6/c1-12(5-7-22)17-13(2)9-14-10-20(3,27)11-15(19(25)26)18(14)21(17,4)16(24)6-8-23/h5,9,14-15,17-18,22-23,27H,6-8,10-11H2,1-4H3,(H,25,26)/b12-5+. The van der Waals surface area contributed by atoms with Crippen molar-refractivity contribution in [2.24, 2.45) is 29.1 Å². The first-order valence-corrected chi connectivity index (χ1v) is 9.54. The highest BCUT2D eigenvalue weighted by atomic mass is 16.4. The normalized spacial score (nSPS) is 39.5. The molecule has 4 N–H and O–H groups in total. The highest BCUT2D eigenvalue weighted by Crippen LogP contribution is 2.59. The second kappa shape index (κ2) is 7.86. The van der Waals surface area contributed by atoms with Crippen molar-refractivity contribution >= 4 is 11.8 Å². The van der Waals surface area contributed by atoms with Crippen molar-refractivity contribution in [3.05, 3.63) is 23.3 Å². The van der Waals surface area contributed by atoms with E-state index in [2.05, 4.69) is 0 Å². The minimum atomic E-state index is -1.11. The molecule has 27 heavy (non-hydrogen) atoms. The summed E-state index contributed by atoms with van der Waals surface area (Å²) in [5, 5.41) is 39.3. The van der Waals surface area contributed by atoms with E-state index < -0.39 is 28.8 Å². The Morgan fingerprint density at radius 2 is 1.89 bits per heavy atom. The van der Waals surface area contributed by atoms with Gasteiger partial charge in [-0.05, 0) is 45.4 Å². The van der Waals surface area contributed by atoms with E-state index in [-0.39, 0.29) is 43.7 Å². The van der Waals surface area contributed by atoms with Crippen LogP contribution in [-0.2, 0) is 9.59 Å². The molecule has 0 aromatic rings. The fourth-order valence-corrected chi connectivity index (χ4v) is 5.79. The molecule has 0 saturated heterocycles. The zero-order chi connectivity index (χ0) is 20.6. The van der Waals surface area contributed by atoms with E-state index >= 15 is 0 Å². The quantitative estimate of drug-likeness (QED) is 0.524. The smallest absolute Gasteiger partial charge is 0.306 e. The van der Waals surface area contributed by atoms with Gasteiger partial charge in [-0.2, -0.15) is 0 Å². The Bertz CT molecular complexity index is 662. The summed E-state index contributed by atoms with van der Waals surface area (Å²) in [4.78, 5) is 25.3. The summed E-state index contributed by atoms with van der Waals surface area (Å²) < 4.78 is 0. The maximum atomic E-state index is 13.2. The molecule has 0 bridgehead atoms. The minimum absolute atomic E-state index is 0.0430. The van der Waals surface area contributed by atoms with Gasteiger partial charge in [-0.25, -0.2) is 0 Å². The monoisotopic (exact) mass is 380 g/mol. The molecule has 0 aromatic carbocycles.